The van der Waals surface area contributed by atoms with Gasteiger partial charge in [0.25, 0.3) is 0 Å². The van der Waals surface area contributed by atoms with Crippen molar-refractivity contribution in [1.82, 2.24) is 40.4 Å². The summed E-state index contributed by atoms with van der Waals surface area (Å²) < 4.78 is 27.6. The van der Waals surface area contributed by atoms with E-state index in [1.807, 2.05) is 22.2 Å². The molecule has 0 aliphatic carbocycles. The molecule has 2 aromatic heterocycles. The van der Waals surface area contributed by atoms with Gasteiger partial charge in [-0.25, -0.2) is 19.6 Å². The minimum atomic E-state index is -0.702. The van der Waals surface area contributed by atoms with Crippen LogP contribution in [0.3, 0.4) is 0 Å². The first kappa shape index (κ1) is 45.3. The van der Waals surface area contributed by atoms with Gasteiger partial charge in [-0.15, -0.1) is 0 Å². The standard InChI is InChI=1S/C51H60N8O9/c1-4-34-36-13-10-33(38-28-53-47(55-38)40-8-6-20-59(40)49(61)45(57-51(63)65-3)30-17-23-67-24-18-30)26-42(36)68-41-14-11-31-25-32(9-12-35(31)43(34)41)37-27-52-46(54-37)39-7-5-19-58(39)48(60)44(56-50(62)64-2)29-15-21-66-22-16-29/h9-14,25-30,34,39-40,44-45H,4-8,15-24H2,1-3H3,(H,52,54)(H,53,55)(H,56,62)(H,57,63)/t34?,39-,40-,44?,45?/m0/s1. The van der Waals surface area contributed by atoms with Crippen LogP contribution in [0.5, 0.6) is 11.5 Å². The van der Waals surface area contributed by atoms with E-state index in [0.29, 0.717) is 71.0 Å². The van der Waals surface area contributed by atoms with Crippen LogP contribution in [-0.4, -0.2) is 120 Å². The highest BCUT2D eigenvalue weighted by Gasteiger charge is 2.42. The summed E-state index contributed by atoms with van der Waals surface area (Å²) in [5, 5.41) is 7.86. The van der Waals surface area contributed by atoms with Crippen LogP contribution in [0.2, 0.25) is 0 Å². The smallest absolute Gasteiger partial charge is 0.407 e. The van der Waals surface area contributed by atoms with Crippen molar-refractivity contribution in [2.75, 3.05) is 53.7 Å². The average Bonchev–Trinajstić information content (AvgIpc) is 4.24. The molecule has 17 heteroatoms. The Hall–Kier alpha value is -6.46. The fourth-order valence-electron chi connectivity index (χ4n) is 11.3. The van der Waals surface area contributed by atoms with Crippen LogP contribution < -0.4 is 15.4 Å². The SMILES string of the molecule is CCC1c2ccc(-c3cnc([C@@H]4CCCN4C(=O)C(NC(=O)OC)C4CCOCC4)[nH]3)cc2Oc2ccc3cc(-c4cnc([C@@H]5CCCN5C(=O)C(NC(=O)OC)C5CCOCC5)[nH]4)ccc3c21. The Labute approximate surface area is 395 Å². The lowest BCUT2D eigenvalue weighted by molar-refractivity contribution is -0.137. The van der Waals surface area contributed by atoms with E-state index in [-0.39, 0.29) is 41.7 Å². The van der Waals surface area contributed by atoms with Gasteiger partial charge in [0.2, 0.25) is 11.8 Å². The van der Waals surface area contributed by atoms with Gasteiger partial charge in [-0.05, 0) is 98.6 Å². The third kappa shape index (κ3) is 8.77. The van der Waals surface area contributed by atoms with Crippen LogP contribution in [-0.2, 0) is 28.5 Å². The number of aromatic amines is 2. The van der Waals surface area contributed by atoms with E-state index < -0.39 is 24.3 Å². The number of carbonyl (C=O) groups is 4. The Morgan fingerprint density at radius 3 is 1.75 bits per heavy atom. The van der Waals surface area contributed by atoms with E-state index in [9.17, 15) is 19.2 Å². The first-order chi connectivity index (χ1) is 33.2. The molecule has 7 heterocycles. The predicted octanol–water partition coefficient (Wildman–Crippen LogP) is 7.90. The number of hydrogen-bond donors (Lipinski definition) is 4. The van der Waals surface area contributed by atoms with Crippen molar-refractivity contribution < 1.29 is 42.9 Å². The minimum absolute atomic E-state index is 0.0388. The number of imidazole rings is 2. The zero-order valence-corrected chi connectivity index (χ0v) is 38.9. The maximum atomic E-state index is 14.1. The summed E-state index contributed by atoms with van der Waals surface area (Å²) in [5.74, 6) is 2.82. The molecular formula is C51H60N8O9. The molecule has 3 aromatic carbocycles. The molecule has 0 radical (unpaired) electrons. The number of alkyl carbamates (subject to hydrolysis) is 2. The molecule has 4 amide bonds. The summed E-state index contributed by atoms with van der Waals surface area (Å²) in [6, 6.07) is 15.0. The molecule has 3 unspecified atom stereocenters. The number of nitrogens with zero attached hydrogens (tertiary/aromatic N) is 4. The lowest BCUT2D eigenvalue weighted by Gasteiger charge is -2.34. The van der Waals surface area contributed by atoms with Crippen molar-refractivity contribution in [3.63, 3.8) is 0 Å². The van der Waals surface area contributed by atoms with E-state index in [1.165, 1.54) is 14.2 Å². The quantitative estimate of drug-likeness (QED) is 0.100. The molecule has 68 heavy (non-hydrogen) atoms. The number of ether oxygens (including phenoxy) is 5. The number of nitrogens with one attached hydrogen (secondary N) is 4. The summed E-state index contributed by atoms with van der Waals surface area (Å²) in [6.45, 7) is 5.57. The van der Waals surface area contributed by atoms with Crippen molar-refractivity contribution >= 4 is 34.8 Å². The molecule has 4 saturated heterocycles. The van der Waals surface area contributed by atoms with Gasteiger partial charge in [0, 0.05) is 67.7 Å². The molecule has 0 saturated carbocycles. The Morgan fingerprint density at radius 2 is 1.22 bits per heavy atom. The van der Waals surface area contributed by atoms with Gasteiger partial charge in [0.1, 0.15) is 35.2 Å². The number of likely N-dealkylation sites (tertiary alicyclic amines) is 2. The average molecular weight is 929 g/mol. The van der Waals surface area contributed by atoms with Crippen LogP contribution in [0.15, 0.2) is 60.9 Å². The van der Waals surface area contributed by atoms with Gasteiger partial charge < -0.3 is 54.1 Å². The molecule has 17 nitrogen and oxygen atoms in total. The Morgan fingerprint density at radius 1 is 0.691 bits per heavy atom. The highest BCUT2D eigenvalue weighted by Crippen LogP contribution is 2.50. The minimum Gasteiger partial charge on any atom is -0.457 e. The van der Waals surface area contributed by atoms with Gasteiger partial charge in [-0.2, -0.15) is 0 Å². The van der Waals surface area contributed by atoms with Crippen LogP contribution >= 0.6 is 0 Å². The number of rotatable bonds is 11. The van der Waals surface area contributed by atoms with Gasteiger partial charge >= 0.3 is 12.2 Å². The largest absolute Gasteiger partial charge is 0.457 e. The van der Waals surface area contributed by atoms with Crippen molar-refractivity contribution in [2.24, 2.45) is 11.8 Å². The molecule has 5 aromatic rings. The number of methoxy groups -OCH3 is 2. The topological polar surface area (TPSA) is 202 Å². The molecule has 0 spiro atoms. The van der Waals surface area contributed by atoms with Gasteiger partial charge in [0.05, 0.1) is 50.1 Å². The van der Waals surface area contributed by atoms with Crippen LogP contribution in [0.25, 0.3) is 33.3 Å². The van der Waals surface area contributed by atoms with E-state index in [0.717, 1.165) is 93.8 Å². The predicted molar refractivity (Wildman–Crippen MR) is 251 cm³/mol. The second-order valence-corrected chi connectivity index (χ2v) is 18.6. The van der Waals surface area contributed by atoms with E-state index in [1.54, 1.807) is 0 Å². The third-order valence-electron chi connectivity index (χ3n) is 14.8. The second-order valence-electron chi connectivity index (χ2n) is 18.6. The monoisotopic (exact) mass is 928 g/mol. The number of aromatic nitrogens is 4. The molecule has 5 atom stereocenters. The summed E-state index contributed by atoms with van der Waals surface area (Å²) >= 11 is 0. The first-order valence-electron chi connectivity index (χ1n) is 24.2. The van der Waals surface area contributed by atoms with E-state index >= 15 is 0 Å². The first-order valence-corrected chi connectivity index (χ1v) is 24.2. The molecule has 358 valence electrons. The normalized spacial score (nSPS) is 21.7. The fourth-order valence-corrected chi connectivity index (χ4v) is 11.3. The molecular weight excluding hydrogens is 869 g/mol. The zero-order valence-electron chi connectivity index (χ0n) is 38.9. The number of fused-ring (bicyclic) bond motifs is 4. The van der Waals surface area contributed by atoms with Crippen molar-refractivity contribution in [2.45, 2.75) is 94.8 Å². The van der Waals surface area contributed by atoms with Gasteiger partial charge in [-0.1, -0.05) is 37.3 Å². The maximum absolute atomic E-state index is 14.1. The molecule has 5 aliphatic rings. The van der Waals surface area contributed by atoms with Gasteiger partial charge in [-0.3, -0.25) is 9.59 Å². The van der Waals surface area contributed by atoms with E-state index in [2.05, 4.69) is 76.1 Å². The van der Waals surface area contributed by atoms with Crippen LogP contribution in [0, 0.1) is 11.8 Å². The Bertz CT molecular complexity index is 2670. The van der Waals surface area contributed by atoms with Crippen molar-refractivity contribution in [3.8, 4) is 34.0 Å². The lowest BCUT2D eigenvalue weighted by atomic mass is 9.82. The highest BCUT2D eigenvalue weighted by atomic mass is 16.5. The number of carbonyl (C=O) groups excluding carboxylic acids is 4. The highest BCUT2D eigenvalue weighted by molar-refractivity contribution is 5.93. The molecule has 5 aliphatic heterocycles. The lowest BCUT2D eigenvalue weighted by Crippen LogP contribution is -2.53. The number of hydrogen-bond acceptors (Lipinski definition) is 11. The molecule has 4 fully saturated rings. The van der Waals surface area contributed by atoms with E-state index in [4.69, 9.17) is 33.7 Å². The third-order valence-corrected chi connectivity index (χ3v) is 14.8. The fraction of sp³-hybridized carbons (Fsp3) is 0.490. The Balaban J connectivity index is 0.854. The summed E-state index contributed by atoms with van der Waals surface area (Å²) in [5.41, 5.74) is 5.86. The maximum Gasteiger partial charge on any atom is 0.407 e. The van der Waals surface area contributed by atoms with Crippen molar-refractivity contribution in [3.05, 3.63) is 83.7 Å². The van der Waals surface area contributed by atoms with Gasteiger partial charge in [0.15, 0.2) is 0 Å². The summed E-state index contributed by atoms with van der Waals surface area (Å²) in [7, 11) is 2.62. The summed E-state index contributed by atoms with van der Waals surface area (Å²) in [4.78, 5) is 73.4. The van der Waals surface area contributed by atoms with Crippen LogP contribution in [0.4, 0.5) is 9.59 Å². The Kier molecular flexibility index (Phi) is 13.1. The number of benzene rings is 3. The second kappa shape index (κ2) is 19.6. The van der Waals surface area contributed by atoms with Crippen molar-refractivity contribution in [1.29, 1.82) is 0 Å². The molecule has 0 bridgehead atoms. The zero-order chi connectivity index (χ0) is 46.9. The molecule has 4 N–H and O–H groups in total. The number of H-pyrrole nitrogens is 2. The number of amides is 4. The molecule has 10 rings (SSSR count). The van der Waals surface area contributed by atoms with Crippen LogP contribution in [0.1, 0.15) is 105 Å². The summed E-state index contributed by atoms with van der Waals surface area (Å²) in [6.07, 6.45) is 9.23.